The third-order valence-corrected chi connectivity index (χ3v) is 4.74. The van der Waals surface area contributed by atoms with E-state index in [4.69, 9.17) is 0 Å². The second kappa shape index (κ2) is 5.74. The highest BCUT2D eigenvalue weighted by atomic mass is 79.9. The number of amides is 1. The predicted molar refractivity (Wildman–Crippen MR) is 80.7 cm³/mol. The number of hydrogen-bond donors (Lipinski definition) is 0. The maximum Gasteiger partial charge on any atom is 0.255 e. The van der Waals surface area contributed by atoms with Crippen molar-refractivity contribution in [3.63, 3.8) is 0 Å². The molecule has 1 aliphatic rings. The first-order valence-electron chi connectivity index (χ1n) is 6.25. The molecule has 0 radical (unpaired) electrons. The summed E-state index contributed by atoms with van der Waals surface area (Å²) in [5, 5.41) is 0. The Morgan fingerprint density at radius 2 is 2.06 bits per heavy atom. The molecule has 0 aliphatic carbocycles. The van der Waals surface area contributed by atoms with Gasteiger partial charge in [-0.15, -0.1) is 0 Å². The number of carbonyl (C=O) groups is 1. The van der Waals surface area contributed by atoms with Crippen LogP contribution in [0.2, 0.25) is 0 Å². The smallest absolute Gasteiger partial charge is 0.255 e. The van der Waals surface area contributed by atoms with E-state index in [2.05, 4.69) is 45.7 Å². The standard InChI is InChI=1S/C14H17Br2NO/c1-9-5-6-17(10(2)7-9)14(18)12-8-11(15)3-4-13(12)16/h3-4,8-10H,5-7H2,1-2H3. The molecule has 18 heavy (non-hydrogen) atoms. The number of carbonyl (C=O) groups excluding carboxylic acids is 1. The third kappa shape index (κ3) is 2.97. The lowest BCUT2D eigenvalue weighted by molar-refractivity contribution is 0.0587. The average Bonchev–Trinajstić information content (AvgIpc) is 2.31. The van der Waals surface area contributed by atoms with Crippen molar-refractivity contribution >= 4 is 37.8 Å². The summed E-state index contributed by atoms with van der Waals surface area (Å²) in [4.78, 5) is 14.6. The fourth-order valence-electron chi connectivity index (χ4n) is 2.53. The van der Waals surface area contributed by atoms with Gasteiger partial charge in [0.05, 0.1) is 5.56 Å². The van der Waals surface area contributed by atoms with Crippen LogP contribution in [0.5, 0.6) is 0 Å². The van der Waals surface area contributed by atoms with Gasteiger partial charge in [0, 0.05) is 21.5 Å². The Morgan fingerprint density at radius 1 is 1.33 bits per heavy atom. The van der Waals surface area contributed by atoms with Gasteiger partial charge in [0.2, 0.25) is 0 Å². The molecule has 1 aliphatic heterocycles. The van der Waals surface area contributed by atoms with Gasteiger partial charge in [-0.3, -0.25) is 4.79 Å². The van der Waals surface area contributed by atoms with Crippen LogP contribution in [-0.2, 0) is 0 Å². The van der Waals surface area contributed by atoms with Crippen LogP contribution in [0.15, 0.2) is 27.1 Å². The van der Waals surface area contributed by atoms with Gasteiger partial charge < -0.3 is 4.90 Å². The summed E-state index contributed by atoms with van der Waals surface area (Å²) in [5.41, 5.74) is 0.741. The monoisotopic (exact) mass is 373 g/mol. The van der Waals surface area contributed by atoms with Crippen LogP contribution in [0.4, 0.5) is 0 Å². The van der Waals surface area contributed by atoms with Crippen molar-refractivity contribution in [3.05, 3.63) is 32.7 Å². The first-order chi connectivity index (χ1) is 8.49. The average molecular weight is 375 g/mol. The van der Waals surface area contributed by atoms with Gasteiger partial charge in [-0.25, -0.2) is 0 Å². The van der Waals surface area contributed by atoms with E-state index < -0.39 is 0 Å². The molecule has 0 N–H and O–H groups in total. The minimum atomic E-state index is 0.127. The van der Waals surface area contributed by atoms with E-state index in [0.717, 1.165) is 39.8 Å². The molecule has 1 heterocycles. The summed E-state index contributed by atoms with van der Waals surface area (Å²) in [6.07, 6.45) is 2.19. The van der Waals surface area contributed by atoms with Crippen molar-refractivity contribution in [2.75, 3.05) is 6.54 Å². The normalized spacial score (nSPS) is 24.1. The highest BCUT2D eigenvalue weighted by molar-refractivity contribution is 9.11. The van der Waals surface area contributed by atoms with E-state index >= 15 is 0 Å². The Labute approximate surface area is 125 Å². The van der Waals surface area contributed by atoms with E-state index in [9.17, 15) is 4.79 Å². The molecule has 4 heteroatoms. The van der Waals surface area contributed by atoms with E-state index in [1.165, 1.54) is 0 Å². The lowest BCUT2D eigenvalue weighted by Crippen LogP contribution is -2.44. The van der Waals surface area contributed by atoms with Gasteiger partial charge >= 0.3 is 0 Å². The largest absolute Gasteiger partial charge is 0.336 e. The molecule has 2 atom stereocenters. The number of benzene rings is 1. The Balaban J connectivity index is 2.23. The summed E-state index contributed by atoms with van der Waals surface area (Å²) in [7, 11) is 0. The summed E-state index contributed by atoms with van der Waals surface area (Å²) >= 11 is 6.88. The van der Waals surface area contributed by atoms with E-state index in [-0.39, 0.29) is 5.91 Å². The maximum atomic E-state index is 12.6. The number of nitrogens with zero attached hydrogens (tertiary/aromatic N) is 1. The topological polar surface area (TPSA) is 20.3 Å². The number of piperidine rings is 1. The molecule has 0 aromatic heterocycles. The van der Waals surface area contributed by atoms with Crippen LogP contribution in [0.25, 0.3) is 0 Å². The van der Waals surface area contributed by atoms with E-state index in [1.807, 2.05) is 23.1 Å². The summed E-state index contributed by atoms with van der Waals surface area (Å²) in [6.45, 7) is 5.26. The minimum Gasteiger partial charge on any atom is -0.336 e. The van der Waals surface area contributed by atoms with Gasteiger partial charge in [-0.05, 0) is 59.8 Å². The Bertz CT molecular complexity index is 461. The van der Waals surface area contributed by atoms with Crippen LogP contribution < -0.4 is 0 Å². The van der Waals surface area contributed by atoms with Crippen molar-refractivity contribution in [2.45, 2.75) is 32.7 Å². The molecular formula is C14H17Br2NO. The molecule has 0 saturated carbocycles. The Morgan fingerprint density at radius 3 is 2.72 bits per heavy atom. The molecule has 1 aromatic carbocycles. The maximum absolute atomic E-state index is 12.6. The molecule has 2 unspecified atom stereocenters. The zero-order chi connectivity index (χ0) is 13.3. The lowest BCUT2D eigenvalue weighted by atomic mass is 9.93. The molecule has 1 saturated heterocycles. The highest BCUT2D eigenvalue weighted by Crippen LogP contribution is 2.27. The second-order valence-corrected chi connectivity index (χ2v) is 6.87. The molecule has 98 valence electrons. The number of hydrogen-bond acceptors (Lipinski definition) is 1. The van der Waals surface area contributed by atoms with Crippen LogP contribution >= 0.6 is 31.9 Å². The summed E-state index contributed by atoms with van der Waals surface area (Å²) < 4.78 is 1.80. The predicted octanol–water partition coefficient (Wildman–Crippen LogP) is 4.47. The first-order valence-corrected chi connectivity index (χ1v) is 7.83. The van der Waals surface area contributed by atoms with Gasteiger partial charge in [0.25, 0.3) is 5.91 Å². The molecule has 1 amide bonds. The Kier molecular flexibility index (Phi) is 4.49. The van der Waals surface area contributed by atoms with Crippen LogP contribution in [0, 0.1) is 5.92 Å². The van der Waals surface area contributed by atoms with E-state index in [1.54, 1.807) is 0 Å². The fraction of sp³-hybridized carbons (Fsp3) is 0.500. The van der Waals surface area contributed by atoms with Crippen molar-refractivity contribution in [3.8, 4) is 0 Å². The molecule has 0 spiro atoms. The molecule has 1 fully saturated rings. The number of halogens is 2. The molecule has 1 aromatic rings. The van der Waals surface area contributed by atoms with Gasteiger partial charge in [-0.1, -0.05) is 22.9 Å². The van der Waals surface area contributed by atoms with Crippen LogP contribution in [-0.4, -0.2) is 23.4 Å². The van der Waals surface area contributed by atoms with Crippen LogP contribution in [0.1, 0.15) is 37.0 Å². The Hall–Kier alpha value is -0.350. The zero-order valence-corrected chi connectivity index (χ0v) is 13.8. The van der Waals surface area contributed by atoms with Gasteiger partial charge in [0.15, 0.2) is 0 Å². The fourth-order valence-corrected chi connectivity index (χ4v) is 3.30. The summed E-state index contributed by atoms with van der Waals surface area (Å²) in [5.74, 6) is 0.845. The van der Waals surface area contributed by atoms with Crippen molar-refractivity contribution in [1.29, 1.82) is 0 Å². The second-order valence-electron chi connectivity index (χ2n) is 5.10. The van der Waals surface area contributed by atoms with Crippen molar-refractivity contribution < 1.29 is 4.79 Å². The first kappa shape index (κ1) is 14.1. The summed E-state index contributed by atoms with van der Waals surface area (Å²) in [6, 6.07) is 6.06. The SMILES string of the molecule is CC1CCN(C(=O)c2cc(Br)ccc2Br)C(C)C1. The molecule has 2 nitrogen and oxygen atoms in total. The van der Waals surface area contributed by atoms with Crippen LogP contribution in [0.3, 0.4) is 0 Å². The van der Waals surface area contributed by atoms with E-state index in [0.29, 0.717) is 6.04 Å². The minimum absolute atomic E-state index is 0.127. The van der Waals surface area contributed by atoms with Gasteiger partial charge in [0.1, 0.15) is 0 Å². The molecule has 0 bridgehead atoms. The quantitative estimate of drug-likeness (QED) is 0.709. The number of likely N-dealkylation sites (tertiary alicyclic amines) is 1. The van der Waals surface area contributed by atoms with Crippen molar-refractivity contribution in [1.82, 2.24) is 4.90 Å². The van der Waals surface area contributed by atoms with Gasteiger partial charge in [-0.2, -0.15) is 0 Å². The molecule has 2 rings (SSSR count). The lowest BCUT2D eigenvalue weighted by Gasteiger charge is -2.36. The number of rotatable bonds is 1. The van der Waals surface area contributed by atoms with Crippen molar-refractivity contribution in [2.24, 2.45) is 5.92 Å². The zero-order valence-electron chi connectivity index (χ0n) is 10.6. The molecular weight excluding hydrogens is 358 g/mol. The third-order valence-electron chi connectivity index (χ3n) is 3.56. The highest BCUT2D eigenvalue weighted by Gasteiger charge is 2.28.